The van der Waals surface area contributed by atoms with E-state index >= 15 is 0 Å². The van der Waals surface area contributed by atoms with Crippen LogP contribution in [-0.4, -0.2) is 18.1 Å². The Morgan fingerprint density at radius 3 is 3.00 bits per heavy atom. The SMILES string of the molecule is CCNCc1cnccc1OCC1CCCC1. The molecule has 0 atom stereocenters. The molecule has 0 spiro atoms. The van der Waals surface area contributed by atoms with E-state index in [1.54, 1.807) is 6.20 Å². The molecule has 0 aliphatic heterocycles. The Labute approximate surface area is 104 Å². The molecule has 0 amide bonds. The van der Waals surface area contributed by atoms with Gasteiger partial charge in [0.25, 0.3) is 0 Å². The summed E-state index contributed by atoms with van der Waals surface area (Å²) in [7, 11) is 0. The topological polar surface area (TPSA) is 34.2 Å². The second-order valence-electron chi connectivity index (χ2n) is 4.73. The summed E-state index contributed by atoms with van der Waals surface area (Å²) >= 11 is 0. The zero-order chi connectivity index (χ0) is 11.9. The van der Waals surface area contributed by atoms with Crippen molar-refractivity contribution in [3.05, 3.63) is 24.0 Å². The number of rotatable bonds is 6. The molecule has 3 heteroatoms. The van der Waals surface area contributed by atoms with Crippen molar-refractivity contribution in [2.45, 2.75) is 39.2 Å². The van der Waals surface area contributed by atoms with Crippen molar-refractivity contribution in [2.75, 3.05) is 13.2 Å². The van der Waals surface area contributed by atoms with Crippen LogP contribution in [0.1, 0.15) is 38.2 Å². The molecule has 0 unspecified atom stereocenters. The van der Waals surface area contributed by atoms with Gasteiger partial charge in [-0.3, -0.25) is 4.98 Å². The maximum absolute atomic E-state index is 5.94. The van der Waals surface area contributed by atoms with E-state index in [0.717, 1.165) is 36.9 Å². The molecular formula is C14H22N2O. The molecular weight excluding hydrogens is 212 g/mol. The van der Waals surface area contributed by atoms with E-state index in [-0.39, 0.29) is 0 Å². The Balaban J connectivity index is 1.89. The summed E-state index contributed by atoms with van der Waals surface area (Å²) in [5.74, 6) is 1.75. The second-order valence-corrected chi connectivity index (χ2v) is 4.73. The van der Waals surface area contributed by atoms with Crippen molar-refractivity contribution in [2.24, 2.45) is 5.92 Å². The molecule has 0 aromatic carbocycles. The number of ether oxygens (including phenoxy) is 1. The fraction of sp³-hybridized carbons (Fsp3) is 0.643. The van der Waals surface area contributed by atoms with Crippen LogP contribution in [0.2, 0.25) is 0 Å². The fourth-order valence-electron chi connectivity index (χ4n) is 2.33. The first kappa shape index (κ1) is 12.4. The molecule has 0 radical (unpaired) electrons. The average molecular weight is 234 g/mol. The number of aromatic nitrogens is 1. The van der Waals surface area contributed by atoms with Gasteiger partial charge in [-0.25, -0.2) is 0 Å². The Bertz CT molecular complexity index is 335. The van der Waals surface area contributed by atoms with Crippen LogP contribution in [-0.2, 0) is 6.54 Å². The van der Waals surface area contributed by atoms with Crippen LogP contribution in [0.15, 0.2) is 18.5 Å². The van der Waals surface area contributed by atoms with Gasteiger partial charge in [0, 0.05) is 24.5 Å². The Kier molecular flexibility index (Phi) is 4.80. The van der Waals surface area contributed by atoms with E-state index in [0.29, 0.717) is 0 Å². The van der Waals surface area contributed by atoms with Crippen molar-refractivity contribution in [1.82, 2.24) is 10.3 Å². The van der Waals surface area contributed by atoms with Gasteiger partial charge in [0.15, 0.2) is 0 Å². The summed E-state index contributed by atoms with van der Waals surface area (Å²) in [5, 5.41) is 3.31. The summed E-state index contributed by atoms with van der Waals surface area (Å²) in [6.45, 7) is 4.78. The van der Waals surface area contributed by atoms with Gasteiger partial charge >= 0.3 is 0 Å². The van der Waals surface area contributed by atoms with Gasteiger partial charge in [-0.15, -0.1) is 0 Å². The van der Waals surface area contributed by atoms with Gasteiger partial charge in [-0.1, -0.05) is 19.8 Å². The van der Waals surface area contributed by atoms with Gasteiger partial charge in [-0.2, -0.15) is 0 Å². The predicted molar refractivity (Wildman–Crippen MR) is 69.1 cm³/mol. The highest BCUT2D eigenvalue weighted by atomic mass is 16.5. The Hall–Kier alpha value is -1.09. The van der Waals surface area contributed by atoms with Gasteiger partial charge in [-0.05, 0) is 31.4 Å². The van der Waals surface area contributed by atoms with Crippen LogP contribution in [0, 0.1) is 5.92 Å². The van der Waals surface area contributed by atoms with Gasteiger partial charge in [0.2, 0.25) is 0 Å². The number of hydrogen-bond donors (Lipinski definition) is 1. The molecule has 94 valence electrons. The maximum Gasteiger partial charge on any atom is 0.126 e. The van der Waals surface area contributed by atoms with E-state index < -0.39 is 0 Å². The van der Waals surface area contributed by atoms with E-state index in [1.165, 1.54) is 25.7 Å². The normalized spacial score (nSPS) is 16.3. The first-order valence-electron chi connectivity index (χ1n) is 6.66. The summed E-state index contributed by atoms with van der Waals surface area (Å²) in [6.07, 6.45) is 9.09. The van der Waals surface area contributed by atoms with Crippen molar-refractivity contribution in [1.29, 1.82) is 0 Å². The summed E-state index contributed by atoms with van der Waals surface area (Å²) in [5.41, 5.74) is 1.16. The van der Waals surface area contributed by atoms with E-state index in [1.807, 2.05) is 12.3 Å². The zero-order valence-electron chi connectivity index (χ0n) is 10.6. The minimum absolute atomic E-state index is 0.759. The second kappa shape index (κ2) is 6.60. The molecule has 0 bridgehead atoms. The number of pyridine rings is 1. The van der Waals surface area contributed by atoms with Crippen LogP contribution >= 0.6 is 0 Å². The minimum atomic E-state index is 0.759. The van der Waals surface area contributed by atoms with Crippen LogP contribution in [0.5, 0.6) is 5.75 Å². The third-order valence-electron chi connectivity index (χ3n) is 3.37. The molecule has 1 aromatic heterocycles. The molecule has 1 N–H and O–H groups in total. The lowest BCUT2D eigenvalue weighted by atomic mass is 10.1. The van der Waals surface area contributed by atoms with Crippen LogP contribution in [0.25, 0.3) is 0 Å². The van der Waals surface area contributed by atoms with Crippen LogP contribution in [0.3, 0.4) is 0 Å². The molecule has 3 nitrogen and oxygen atoms in total. The highest BCUT2D eigenvalue weighted by Gasteiger charge is 2.16. The Morgan fingerprint density at radius 1 is 1.41 bits per heavy atom. The van der Waals surface area contributed by atoms with E-state index in [2.05, 4.69) is 17.2 Å². The van der Waals surface area contributed by atoms with E-state index in [9.17, 15) is 0 Å². The number of nitrogens with zero attached hydrogens (tertiary/aromatic N) is 1. The first-order valence-corrected chi connectivity index (χ1v) is 6.66. The quantitative estimate of drug-likeness (QED) is 0.822. The molecule has 0 saturated heterocycles. The third kappa shape index (κ3) is 3.70. The number of hydrogen-bond acceptors (Lipinski definition) is 3. The predicted octanol–water partition coefficient (Wildman–Crippen LogP) is 2.76. The largest absolute Gasteiger partial charge is 0.493 e. The summed E-state index contributed by atoms with van der Waals surface area (Å²) in [4.78, 5) is 4.16. The Morgan fingerprint density at radius 2 is 2.24 bits per heavy atom. The molecule has 1 fully saturated rings. The summed E-state index contributed by atoms with van der Waals surface area (Å²) in [6, 6.07) is 1.97. The maximum atomic E-state index is 5.94. The zero-order valence-corrected chi connectivity index (χ0v) is 10.6. The first-order chi connectivity index (χ1) is 8.40. The fourth-order valence-corrected chi connectivity index (χ4v) is 2.33. The molecule has 2 rings (SSSR count). The van der Waals surface area contributed by atoms with Crippen LogP contribution < -0.4 is 10.1 Å². The lowest BCUT2D eigenvalue weighted by Crippen LogP contribution is -2.14. The molecule has 1 aromatic rings. The number of nitrogens with one attached hydrogen (secondary N) is 1. The molecule has 17 heavy (non-hydrogen) atoms. The smallest absolute Gasteiger partial charge is 0.126 e. The molecule has 1 aliphatic carbocycles. The lowest BCUT2D eigenvalue weighted by molar-refractivity contribution is 0.249. The highest BCUT2D eigenvalue weighted by Crippen LogP contribution is 2.26. The monoisotopic (exact) mass is 234 g/mol. The standard InChI is InChI=1S/C14H22N2O/c1-2-15-9-13-10-16-8-7-14(13)17-11-12-5-3-4-6-12/h7-8,10,12,15H,2-6,9,11H2,1H3. The van der Waals surface area contributed by atoms with Crippen LogP contribution in [0.4, 0.5) is 0 Å². The average Bonchev–Trinajstić information content (AvgIpc) is 2.88. The lowest BCUT2D eigenvalue weighted by Gasteiger charge is -2.14. The van der Waals surface area contributed by atoms with Gasteiger partial charge < -0.3 is 10.1 Å². The van der Waals surface area contributed by atoms with E-state index in [4.69, 9.17) is 4.74 Å². The van der Waals surface area contributed by atoms with Gasteiger partial charge in [0.1, 0.15) is 5.75 Å². The highest BCUT2D eigenvalue weighted by molar-refractivity contribution is 5.29. The minimum Gasteiger partial charge on any atom is -0.493 e. The summed E-state index contributed by atoms with van der Waals surface area (Å²) < 4.78 is 5.94. The molecule has 1 aliphatic rings. The van der Waals surface area contributed by atoms with Crippen molar-refractivity contribution in [3.8, 4) is 5.75 Å². The van der Waals surface area contributed by atoms with Crippen molar-refractivity contribution < 1.29 is 4.74 Å². The van der Waals surface area contributed by atoms with Gasteiger partial charge in [0.05, 0.1) is 6.61 Å². The van der Waals surface area contributed by atoms with Crippen molar-refractivity contribution in [3.63, 3.8) is 0 Å². The van der Waals surface area contributed by atoms with Crippen molar-refractivity contribution >= 4 is 0 Å². The molecule has 1 saturated carbocycles. The molecule has 1 heterocycles. The third-order valence-corrected chi connectivity index (χ3v) is 3.37.